The summed E-state index contributed by atoms with van der Waals surface area (Å²) in [7, 11) is 1.65. The summed E-state index contributed by atoms with van der Waals surface area (Å²) in [4.78, 5) is 4.24. The molecule has 0 spiro atoms. The Kier molecular flexibility index (Phi) is 3.41. The molecule has 0 amide bonds. The second-order valence-electron chi connectivity index (χ2n) is 3.36. The van der Waals surface area contributed by atoms with Crippen LogP contribution in [0.3, 0.4) is 0 Å². The molecule has 0 aliphatic rings. The highest BCUT2D eigenvalue weighted by atomic mass is 35.5. The van der Waals surface area contributed by atoms with Crippen molar-refractivity contribution in [3.8, 4) is 5.75 Å². The minimum absolute atomic E-state index is 0.328. The van der Waals surface area contributed by atoms with Crippen molar-refractivity contribution < 1.29 is 4.74 Å². The van der Waals surface area contributed by atoms with E-state index in [9.17, 15) is 0 Å². The van der Waals surface area contributed by atoms with Crippen molar-refractivity contribution in [3.63, 3.8) is 0 Å². The van der Waals surface area contributed by atoms with E-state index in [1.807, 2.05) is 24.3 Å². The number of aromatic nitrogens is 3. The largest absolute Gasteiger partial charge is 0.497 e. The lowest BCUT2D eigenvalue weighted by atomic mass is 10.1. The molecule has 0 aliphatic heterocycles. The van der Waals surface area contributed by atoms with E-state index in [4.69, 9.17) is 16.3 Å². The average molecular weight is 238 g/mol. The third-order valence-corrected chi connectivity index (χ3v) is 2.44. The molecule has 0 aliphatic carbocycles. The molecule has 0 bridgehead atoms. The molecule has 84 valence electrons. The zero-order valence-electron chi connectivity index (χ0n) is 8.90. The Morgan fingerprint density at radius 3 is 3.00 bits per heavy atom. The van der Waals surface area contributed by atoms with Crippen molar-refractivity contribution in [1.29, 1.82) is 0 Å². The van der Waals surface area contributed by atoms with Gasteiger partial charge >= 0.3 is 0 Å². The summed E-state index contributed by atoms with van der Waals surface area (Å²) < 4.78 is 5.15. The van der Waals surface area contributed by atoms with Crippen LogP contribution >= 0.6 is 11.6 Å². The van der Waals surface area contributed by atoms with Crippen molar-refractivity contribution in [2.24, 2.45) is 0 Å². The van der Waals surface area contributed by atoms with E-state index in [0.717, 1.165) is 17.1 Å². The molecule has 1 N–H and O–H groups in total. The predicted molar refractivity (Wildman–Crippen MR) is 61.7 cm³/mol. The predicted octanol–water partition coefficient (Wildman–Crippen LogP) is 2.14. The Morgan fingerprint density at radius 1 is 1.44 bits per heavy atom. The summed E-state index contributed by atoms with van der Waals surface area (Å²) >= 11 is 5.63. The maximum atomic E-state index is 5.63. The number of rotatable bonds is 4. The standard InChI is InChI=1S/C11H12ClN3O/c1-16-9-4-2-3-8(5-9)6-10-13-11(7-12)15-14-10/h2-5H,6-7H2,1H3,(H,13,14,15). The number of nitrogens with zero attached hydrogens (tertiary/aromatic N) is 2. The van der Waals surface area contributed by atoms with Crippen LogP contribution in [0.15, 0.2) is 24.3 Å². The molecule has 0 saturated carbocycles. The fraction of sp³-hybridized carbons (Fsp3) is 0.273. The summed E-state index contributed by atoms with van der Waals surface area (Å²) in [5.41, 5.74) is 1.12. The maximum absolute atomic E-state index is 5.63. The van der Waals surface area contributed by atoms with Gasteiger partial charge in [-0.1, -0.05) is 12.1 Å². The second kappa shape index (κ2) is 4.99. The molecule has 0 saturated heterocycles. The molecule has 0 radical (unpaired) electrons. The Hall–Kier alpha value is -1.55. The second-order valence-corrected chi connectivity index (χ2v) is 3.63. The fourth-order valence-corrected chi connectivity index (χ4v) is 1.57. The molecule has 2 rings (SSSR count). The smallest absolute Gasteiger partial charge is 0.165 e. The zero-order valence-corrected chi connectivity index (χ0v) is 9.66. The van der Waals surface area contributed by atoms with Gasteiger partial charge in [-0.25, -0.2) is 4.98 Å². The van der Waals surface area contributed by atoms with Gasteiger partial charge in [0.15, 0.2) is 5.82 Å². The van der Waals surface area contributed by atoms with Crippen LogP contribution in [0.1, 0.15) is 17.2 Å². The highest BCUT2D eigenvalue weighted by Gasteiger charge is 2.03. The van der Waals surface area contributed by atoms with Gasteiger partial charge in [-0.15, -0.1) is 11.6 Å². The van der Waals surface area contributed by atoms with Crippen molar-refractivity contribution >= 4 is 11.6 Å². The number of halogens is 1. The number of hydrogen-bond acceptors (Lipinski definition) is 3. The molecule has 4 nitrogen and oxygen atoms in total. The minimum atomic E-state index is 0.328. The Bertz CT molecular complexity index is 470. The third kappa shape index (κ3) is 2.52. The van der Waals surface area contributed by atoms with Gasteiger partial charge in [0.1, 0.15) is 11.6 Å². The van der Waals surface area contributed by atoms with Crippen LogP contribution in [0.4, 0.5) is 0 Å². The first-order valence-corrected chi connectivity index (χ1v) is 5.44. The van der Waals surface area contributed by atoms with Gasteiger partial charge in [0, 0.05) is 6.42 Å². The molecule has 0 atom stereocenters. The van der Waals surface area contributed by atoms with Gasteiger partial charge in [0.2, 0.25) is 0 Å². The van der Waals surface area contributed by atoms with Crippen LogP contribution in [0.2, 0.25) is 0 Å². The molecule has 1 aromatic carbocycles. The highest BCUT2D eigenvalue weighted by Crippen LogP contribution is 2.14. The number of hydrogen-bond donors (Lipinski definition) is 1. The summed E-state index contributed by atoms with van der Waals surface area (Å²) in [5.74, 6) is 2.60. The molecular weight excluding hydrogens is 226 g/mol. The molecule has 5 heteroatoms. The fourth-order valence-electron chi connectivity index (χ4n) is 1.45. The van der Waals surface area contributed by atoms with Gasteiger partial charge in [0.05, 0.1) is 13.0 Å². The third-order valence-electron chi connectivity index (χ3n) is 2.20. The lowest BCUT2D eigenvalue weighted by Crippen LogP contribution is -1.92. The molecule has 1 heterocycles. The van der Waals surface area contributed by atoms with Gasteiger partial charge in [-0.05, 0) is 17.7 Å². The van der Waals surface area contributed by atoms with E-state index in [2.05, 4.69) is 15.2 Å². The van der Waals surface area contributed by atoms with Crippen molar-refractivity contribution in [1.82, 2.24) is 15.2 Å². The zero-order chi connectivity index (χ0) is 11.4. The van der Waals surface area contributed by atoms with E-state index >= 15 is 0 Å². The van der Waals surface area contributed by atoms with E-state index in [-0.39, 0.29) is 0 Å². The molecule has 16 heavy (non-hydrogen) atoms. The van der Waals surface area contributed by atoms with Gasteiger partial charge < -0.3 is 4.74 Å². The first-order valence-electron chi connectivity index (χ1n) is 4.91. The molecule has 1 aromatic heterocycles. The monoisotopic (exact) mass is 237 g/mol. The molecular formula is C11H12ClN3O. The summed E-state index contributed by atoms with van der Waals surface area (Å²) in [5, 5.41) is 6.83. The maximum Gasteiger partial charge on any atom is 0.165 e. The summed E-state index contributed by atoms with van der Waals surface area (Å²) in [6.45, 7) is 0. The number of nitrogens with one attached hydrogen (secondary N) is 1. The van der Waals surface area contributed by atoms with Crippen LogP contribution in [-0.4, -0.2) is 22.3 Å². The number of ether oxygens (including phenoxy) is 1. The van der Waals surface area contributed by atoms with Crippen LogP contribution in [0.25, 0.3) is 0 Å². The van der Waals surface area contributed by atoms with Crippen molar-refractivity contribution in [3.05, 3.63) is 41.5 Å². The molecule has 0 fully saturated rings. The average Bonchev–Trinajstić information content (AvgIpc) is 2.77. The van der Waals surface area contributed by atoms with Crippen LogP contribution in [0, 0.1) is 0 Å². The topological polar surface area (TPSA) is 50.8 Å². The van der Waals surface area contributed by atoms with Crippen LogP contribution in [0.5, 0.6) is 5.75 Å². The minimum Gasteiger partial charge on any atom is -0.497 e. The number of H-pyrrole nitrogens is 1. The summed E-state index contributed by atoms with van der Waals surface area (Å²) in [6.07, 6.45) is 0.696. The van der Waals surface area contributed by atoms with Crippen molar-refractivity contribution in [2.75, 3.05) is 7.11 Å². The first kappa shape index (κ1) is 11.0. The summed E-state index contributed by atoms with van der Waals surface area (Å²) in [6, 6.07) is 7.86. The number of benzene rings is 1. The van der Waals surface area contributed by atoms with Gasteiger partial charge in [-0.3, -0.25) is 5.10 Å². The quantitative estimate of drug-likeness (QED) is 0.829. The van der Waals surface area contributed by atoms with E-state index in [1.165, 1.54) is 0 Å². The Labute approximate surface area is 98.6 Å². The van der Waals surface area contributed by atoms with E-state index < -0.39 is 0 Å². The molecule has 2 aromatic rings. The van der Waals surface area contributed by atoms with Gasteiger partial charge in [-0.2, -0.15) is 5.10 Å². The van der Waals surface area contributed by atoms with Crippen LogP contribution < -0.4 is 4.74 Å². The van der Waals surface area contributed by atoms with Gasteiger partial charge in [0.25, 0.3) is 0 Å². The lowest BCUT2D eigenvalue weighted by molar-refractivity contribution is 0.414. The Balaban J connectivity index is 2.13. The highest BCUT2D eigenvalue weighted by molar-refractivity contribution is 6.16. The van der Waals surface area contributed by atoms with Crippen LogP contribution in [-0.2, 0) is 12.3 Å². The van der Waals surface area contributed by atoms with E-state index in [0.29, 0.717) is 18.1 Å². The first-order chi connectivity index (χ1) is 7.81. The van der Waals surface area contributed by atoms with Crippen molar-refractivity contribution in [2.45, 2.75) is 12.3 Å². The molecule has 0 unspecified atom stereocenters. The Morgan fingerprint density at radius 2 is 2.31 bits per heavy atom. The number of methoxy groups -OCH3 is 1. The normalized spacial score (nSPS) is 10.4. The van der Waals surface area contributed by atoms with E-state index in [1.54, 1.807) is 7.11 Å². The number of aromatic amines is 1. The SMILES string of the molecule is COc1cccc(Cc2nc(CCl)n[nH]2)c1. The number of alkyl halides is 1. The lowest BCUT2D eigenvalue weighted by Gasteiger charge is -2.02.